The van der Waals surface area contributed by atoms with Gasteiger partial charge in [-0.3, -0.25) is 4.79 Å². The first-order chi connectivity index (χ1) is 9.49. The highest BCUT2D eigenvalue weighted by Crippen LogP contribution is 2.20. The molecule has 0 heterocycles. The minimum absolute atomic E-state index is 0.00652. The number of primary amides is 1. The predicted molar refractivity (Wildman–Crippen MR) is 68.6 cm³/mol. The maximum Gasteiger partial charge on any atom is 0.251 e. The number of nitrogens with two attached hydrogens (primary N) is 1. The van der Waals surface area contributed by atoms with Crippen LogP contribution in [0.2, 0.25) is 0 Å². The van der Waals surface area contributed by atoms with Crippen molar-refractivity contribution < 1.29 is 18.0 Å². The van der Waals surface area contributed by atoms with E-state index in [1.807, 2.05) is 0 Å². The average Bonchev–Trinajstić information content (AvgIpc) is 2.39. The molecule has 2 rings (SSSR count). The van der Waals surface area contributed by atoms with Crippen LogP contribution in [-0.2, 0) is 6.54 Å². The summed E-state index contributed by atoms with van der Waals surface area (Å²) in [5.41, 5.74) is 4.74. The number of rotatable bonds is 4. The largest absolute Gasteiger partial charge is 0.378 e. The number of hydrogen-bond acceptors (Lipinski definition) is 2. The van der Waals surface area contributed by atoms with Crippen LogP contribution in [0.25, 0.3) is 0 Å². The Labute approximate surface area is 113 Å². The van der Waals surface area contributed by atoms with Gasteiger partial charge in [0.2, 0.25) is 0 Å². The third-order valence-electron chi connectivity index (χ3n) is 2.75. The van der Waals surface area contributed by atoms with Gasteiger partial charge in [-0.2, -0.15) is 0 Å². The Kier molecular flexibility index (Phi) is 3.93. The van der Waals surface area contributed by atoms with Gasteiger partial charge in [-0.15, -0.1) is 0 Å². The van der Waals surface area contributed by atoms with Crippen LogP contribution in [0.5, 0.6) is 0 Å². The van der Waals surface area contributed by atoms with E-state index in [0.29, 0.717) is 11.6 Å². The van der Waals surface area contributed by atoms with E-state index in [1.165, 1.54) is 18.2 Å². The zero-order chi connectivity index (χ0) is 14.7. The van der Waals surface area contributed by atoms with Crippen LogP contribution in [0.3, 0.4) is 0 Å². The molecular formula is C14H11F3N2O. The molecule has 3 N–H and O–H groups in total. The van der Waals surface area contributed by atoms with E-state index in [-0.39, 0.29) is 12.2 Å². The Balaban J connectivity index is 2.24. The summed E-state index contributed by atoms with van der Waals surface area (Å²) in [4.78, 5) is 11.0. The summed E-state index contributed by atoms with van der Waals surface area (Å²) in [6.07, 6.45) is 0. The van der Waals surface area contributed by atoms with Crippen LogP contribution < -0.4 is 11.1 Å². The number of carbonyl (C=O) groups excluding carboxylic acids is 1. The minimum Gasteiger partial charge on any atom is -0.378 e. The van der Waals surface area contributed by atoms with Crippen LogP contribution in [0.1, 0.15) is 15.9 Å². The van der Waals surface area contributed by atoms with Crippen LogP contribution in [0.15, 0.2) is 36.4 Å². The second-order valence-corrected chi connectivity index (χ2v) is 4.12. The Morgan fingerprint density at radius 3 is 2.40 bits per heavy atom. The molecule has 0 spiro atoms. The van der Waals surface area contributed by atoms with Crippen molar-refractivity contribution in [1.82, 2.24) is 0 Å². The summed E-state index contributed by atoms with van der Waals surface area (Å²) in [7, 11) is 0. The lowest BCUT2D eigenvalue weighted by Crippen LogP contribution is -2.14. The second-order valence-electron chi connectivity index (χ2n) is 4.12. The molecule has 1 amide bonds. The van der Waals surface area contributed by atoms with Crippen LogP contribution in [0, 0.1) is 17.5 Å². The van der Waals surface area contributed by atoms with E-state index >= 15 is 0 Å². The van der Waals surface area contributed by atoms with E-state index < -0.39 is 28.9 Å². The lowest BCUT2D eigenvalue weighted by atomic mass is 10.1. The van der Waals surface area contributed by atoms with Crippen molar-refractivity contribution in [3.05, 3.63) is 65.0 Å². The molecule has 0 aliphatic carbocycles. The third kappa shape index (κ3) is 2.90. The van der Waals surface area contributed by atoms with Gasteiger partial charge >= 0.3 is 0 Å². The maximum absolute atomic E-state index is 13.5. The molecule has 0 aromatic heterocycles. The van der Waals surface area contributed by atoms with Gasteiger partial charge < -0.3 is 11.1 Å². The predicted octanol–water partition coefficient (Wildman–Crippen LogP) is 2.81. The van der Waals surface area contributed by atoms with E-state index in [2.05, 4.69) is 5.32 Å². The monoisotopic (exact) mass is 280 g/mol. The number of anilines is 1. The average molecular weight is 280 g/mol. The maximum atomic E-state index is 13.5. The van der Waals surface area contributed by atoms with Crippen molar-refractivity contribution in [2.24, 2.45) is 5.73 Å². The van der Waals surface area contributed by atoms with Gasteiger partial charge in [-0.1, -0.05) is 18.2 Å². The molecule has 0 radical (unpaired) electrons. The number of carbonyl (C=O) groups is 1. The zero-order valence-electron chi connectivity index (χ0n) is 10.3. The fraction of sp³-hybridized carbons (Fsp3) is 0.0714. The minimum atomic E-state index is -1.04. The summed E-state index contributed by atoms with van der Waals surface area (Å²) in [5.74, 6) is -3.37. The van der Waals surface area contributed by atoms with Gasteiger partial charge in [0.05, 0.1) is 11.3 Å². The van der Waals surface area contributed by atoms with Crippen LogP contribution in [0.4, 0.5) is 18.9 Å². The van der Waals surface area contributed by atoms with Crippen LogP contribution >= 0.6 is 0 Å². The molecular weight excluding hydrogens is 269 g/mol. The van der Waals surface area contributed by atoms with E-state index in [9.17, 15) is 18.0 Å². The molecule has 104 valence electrons. The quantitative estimate of drug-likeness (QED) is 0.904. The van der Waals surface area contributed by atoms with E-state index in [1.54, 1.807) is 6.07 Å². The summed E-state index contributed by atoms with van der Waals surface area (Å²) >= 11 is 0. The first-order valence-electron chi connectivity index (χ1n) is 5.75. The summed E-state index contributed by atoms with van der Waals surface area (Å²) in [6.45, 7) is -0.00652. The van der Waals surface area contributed by atoms with Crippen molar-refractivity contribution in [2.75, 3.05) is 5.32 Å². The summed E-state index contributed by atoms with van der Waals surface area (Å²) in [5, 5.41) is 2.60. The number of halogens is 3. The molecule has 3 nitrogen and oxygen atoms in total. The highest BCUT2D eigenvalue weighted by Gasteiger charge is 2.14. The molecule has 2 aromatic rings. The van der Waals surface area contributed by atoms with Crippen molar-refractivity contribution in [3.63, 3.8) is 0 Å². The van der Waals surface area contributed by atoms with Gasteiger partial charge in [0, 0.05) is 18.2 Å². The molecule has 20 heavy (non-hydrogen) atoms. The smallest absolute Gasteiger partial charge is 0.251 e. The lowest BCUT2D eigenvalue weighted by molar-refractivity contribution is 0.0996. The number of benzene rings is 2. The second kappa shape index (κ2) is 5.64. The normalized spacial score (nSPS) is 10.3. The van der Waals surface area contributed by atoms with E-state index in [4.69, 9.17) is 5.73 Å². The van der Waals surface area contributed by atoms with Crippen molar-refractivity contribution >= 4 is 11.6 Å². The Hall–Kier alpha value is -2.50. The van der Waals surface area contributed by atoms with Gasteiger partial charge in [0.15, 0.2) is 0 Å². The molecule has 0 bridgehead atoms. The Bertz CT molecular complexity index is 659. The molecule has 0 fully saturated rings. The highest BCUT2D eigenvalue weighted by atomic mass is 19.1. The molecule has 0 saturated carbocycles. The SMILES string of the molecule is NC(=O)c1cc(NCc2ccccc2F)c(F)cc1F. The topological polar surface area (TPSA) is 55.1 Å². The highest BCUT2D eigenvalue weighted by molar-refractivity contribution is 5.94. The number of amides is 1. The van der Waals surface area contributed by atoms with Crippen LogP contribution in [-0.4, -0.2) is 5.91 Å². The molecule has 2 aromatic carbocycles. The van der Waals surface area contributed by atoms with Crippen molar-refractivity contribution in [1.29, 1.82) is 0 Å². The molecule has 0 aliphatic rings. The standard InChI is InChI=1S/C14H11F3N2O/c15-10-4-2-1-3-8(10)7-19-13-5-9(14(18)20)11(16)6-12(13)17/h1-6,19H,7H2,(H2,18,20). The first-order valence-corrected chi connectivity index (χ1v) is 5.75. The molecule has 0 atom stereocenters. The zero-order valence-corrected chi connectivity index (χ0v) is 10.3. The Morgan fingerprint density at radius 1 is 1.05 bits per heavy atom. The summed E-state index contributed by atoms with van der Waals surface area (Å²) in [6, 6.07) is 7.49. The first kappa shape index (κ1) is 13.9. The number of nitrogens with one attached hydrogen (secondary N) is 1. The molecule has 0 saturated heterocycles. The van der Waals surface area contributed by atoms with E-state index in [0.717, 1.165) is 6.07 Å². The van der Waals surface area contributed by atoms with Gasteiger partial charge in [0.1, 0.15) is 17.5 Å². The van der Waals surface area contributed by atoms with Crippen molar-refractivity contribution in [3.8, 4) is 0 Å². The fourth-order valence-electron chi connectivity index (χ4n) is 1.71. The number of hydrogen-bond donors (Lipinski definition) is 2. The lowest BCUT2D eigenvalue weighted by Gasteiger charge is -2.10. The third-order valence-corrected chi connectivity index (χ3v) is 2.75. The Morgan fingerprint density at radius 2 is 1.75 bits per heavy atom. The molecule has 0 unspecified atom stereocenters. The van der Waals surface area contributed by atoms with Gasteiger partial charge in [-0.05, 0) is 12.1 Å². The fourth-order valence-corrected chi connectivity index (χ4v) is 1.71. The summed E-state index contributed by atoms with van der Waals surface area (Å²) < 4.78 is 40.2. The molecule has 6 heteroatoms. The van der Waals surface area contributed by atoms with Gasteiger partial charge in [-0.25, -0.2) is 13.2 Å². The van der Waals surface area contributed by atoms with Gasteiger partial charge in [0.25, 0.3) is 5.91 Å². The molecule has 0 aliphatic heterocycles. The van der Waals surface area contributed by atoms with Crippen molar-refractivity contribution in [2.45, 2.75) is 6.54 Å².